The maximum absolute atomic E-state index is 10.8. The van der Waals surface area contributed by atoms with E-state index < -0.39 is 0 Å². The van der Waals surface area contributed by atoms with Gasteiger partial charge in [-0.2, -0.15) is 0 Å². The summed E-state index contributed by atoms with van der Waals surface area (Å²) in [6, 6.07) is 0. The lowest BCUT2D eigenvalue weighted by Crippen LogP contribution is -2.20. The van der Waals surface area contributed by atoms with Crippen molar-refractivity contribution in [3.05, 3.63) is 71.6 Å². The third kappa shape index (κ3) is 10.2. The number of rotatable bonds is 11. The first-order valence-corrected chi connectivity index (χ1v) is 10.1. The zero-order valence-electron chi connectivity index (χ0n) is 17.9. The molecule has 4 nitrogen and oxygen atoms in total. The van der Waals surface area contributed by atoms with Crippen molar-refractivity contribution in [1.29, 1.82) is 0 Å². The molecule has 0 saturated heterocycles. The number of hydrogen-bond donors (Lipinski definition) is 2. The lowest BCUT2D eigenvalue weighted by Gasteiger charge is -2.23. The van der Waals surface area contributed by atoms with Gasteiger partial charge in [-0.05, 0) is 43.7 Å². The third-order valence-corrected chi connectivity index (χ3v) is 3.99. The molecule has 2 N–H and O–H groups in total. The Morgan fingerprint density at radius 1 is 1.36 bits per heavy atom. The summed E-state index contributed by atoms with van der Waals surface area (Å²) in [5.74, 6) is 0.719. The fraction of sp³-hybridized carbons (Fsp3) is 0.458. The summed E-state index contributed by atoms with van der Waals surface area (Å²) in [5.41, 5.74) is 3.05. The first-order valence-electron chi connectivity index (χ1n) is 10.1. The number of hydrogen-bond acceptors (Lipinski definition) is 4. The highest BCUT2D eigenvalue weighted by Crippen LogP contribution is 2.32. The normalized spacial score (nSPS) is 15.5. The molecule has 1 aliphatic carbocycles. The van der Waals surface area contributed by atoms with E-state index in [1.165, 1.54) is 6.42 Å². The summed E-state index contributed by atoms with van der Waals surface area (Å²) in [4.78, 5) is 10.8. The number of allylic oxidation sites excluding steroid dienone is 8. The Balaban J connectivity index is 0.00000227. The van der Waals surface area contributed by atoms with Crippen LogP contribution in [0.25, 0.3) is 0 Å². The fourth-order valence-corrected chi connectivity index (χ4v) is 2.87. The van der Waals surface area contributed by atoms with E-state index >= 15 is 0 Å². The Kier molecular flexibility index (Phi) is 15.6. The fourth-order valence-electron chi connectivity index (χ4n) is 2.87. The summed E-state index contributed by atoms with van der Waals surface area (Å²) in [7, 11) is 0. The van der Waals surface area contributed by atoms with Gasteiger partial charge in [0.05, 0.1) is 6.61 Å². The highest BCUT2D eigenvalue weighted by Gasteiger charge is 2.20. The van der Waals surface area contributed by atoms with E-state index in [0.717, 1.165) is 36.2 Å². The van der Waals surface area contributed by atoms with E-state index in [0.29, 0.717) is 18.7 Å². The molecule has 1 unspecified atom stereocenters. The van der Waals surface area contributed by atoms with Crippen LogP contribution < -0.4 is 5.32 Å². The van der Waals surface area contributed by atoms with Crippen LogP contribution in [0.1, 0.15) is 47.0 Å². The first kappa shape index (κ1) is 25.8. The minimum absolute atomic E-state index is 0.0571. The zero-order valence-corrected chi connectivity index (χ0v) is 17.9. The number of aliphatic hydroxyl groups is 1. The molecule has 0 saturated carbocycles. The number of aliphatic hydroxyl groups excluding tert-OH is 1. The van der Waals surface area contributed by atoms with E-state index in [1.807, 2.05) is 25.2 Å². The predicted molar refractivity (Wildman–Crippen MR) is 119 cm³/mol. The van der Waals surface area contributed by atoms with Crippen LogP contribution in [-0.2, 0) is 9.53 Å². The lowest BCUT2D eigenvalue weighted by atomic mass is 9.84. The van der Waals surface area contributed by atoms with Crippen LogP contribution in [0.4, 0.5) is 0 Å². The second-order valence-electron chi connectivity index (χ2n) is 6.45. The molecule has 0 spiro atoms. The van der Waals surface area contributed by atoms with Crippen LogP contribution in [0, 0.1) is 5.92 Å². The Labute approximate surface area is 171 Å². The van der Waals surface area contributed by atoms with E-state index in [9.17, 15) is 9.90 Å². The topological polar surface area (TPSA) is 58.6 Å². The molecule has 0 bridgehead atoms. The Morgan fingerprint density at radius 3 is 2.61 bits per heavy atom. The smallest absolute Gasteiger partial charge is 0.298 e. The average Bonchev–Trinajstić information content (AvgIpc) is 2.88. The van der Waals surface area contributed by atoms with Crippen molar-refractivity contribution in [3.63, 3.8) is 0 Å². The van der Waals surface area contributed by atoms with E-state index in [4.69, 9.17) is 4.74 Å². The summed E-state index contributed by atoms with van der Waals surface area (Å²) in [6.07, 6.45) is 16.1. The molecule has 1 aliphatic rings. The van der Waals surface area contributed by atoms with Crippen molar-refractivity contribution in [2.45, 2.75) is 47.0 Å². The van der Waals surface area contributed by atoms with Gasteiger partial charge in [0.2, 0.25) is 0 Å². The molecule has 1 rings (SSSR count). The van der Waals surface area contributed by atoms with Crippen molar-refractivity contribution in [1.82, 2.24) is 5.32 Å². The molecule has 28 heavy (non-hydrogen) atoms. The standard InChI is InChI=1S/C21H29NO3.C3H8/c1-4-7-18(8-5-2)21(11-12-22-6-3)19-13-17(15-23)9-10-20(14-19)25-16-24;1-3-2/h4-5,7-10,13,16,21-23H,1,6,11-12,14-15H2,2-3H3;3H2,1-2H3/b8-5-,18-7+;. The Bertz CT molecular complexity index is 609. The zero-order chi connectivity index (χ0) is 21.2. The van der Waals surface area contributed by atoms with Crippen LogP contribution in [0.5, 0.6) is 0 Å². The average molecular weight is 388 g/mol. The number of ether oxygens (including phenoxy) is 1. The van der Waals surface area contributed by atoms with Crippen molar-refractivity contribution in [2.24, 2.45) is 5.92 Å². The molecule has 0 aliphatic heterocycles. The van der Waals surface area contributed by atoms with Crippen molar-refractivity contribution in [2.75, 3.05) is 19.7 Å². The Morgan fingerprint density at radius 2 is 2.07 bits per heavy atom. The van der Waals surface area contributed by atoms with Gasteiger partial charge in [0.15, 0.2) is 0 Å². The molecule has 0 aromatic rings. The van der Waals surface area contributed by atoms with Gasteiger partial charge in [-0.1, -0.05) is 75.8 Å². The molecule has 4 heteroatoms. The van der Waals surface area contributed by atoms with Gasteiger partial charge in [0.25, 0.3) is 6.47 Å². The van der Waals surface area contributed by atoms with E-state index in [-0.39, 0.29) is 12.5 Å². The Hall–Kier alpha value is -2.17. The molecular weight excluding hydrogens is 350 g/mol. The highest BCUT2D eigenvalue weighted by atomic mass is 16.5. The quantitative estimate of drug-likeness (QED) is 0.297. The number of carbonyl (C=O) groups is 1. The molecule has 0 aromatic carbocycles. The van der Waals surface area contributed by atoms with Crippen molar-refractivity contribution < 1.29 is 14.6 Å². The third-order valence-electron chi connectivity index (χ3n) is 3.99. The summed E-state index contributed by atoms with van der Waals surface area (Å²) < 4.78 is 5.10. The summed E-state index contributed by atoms with van der Waals surface area (Å²) in [6.45, 7) is 14.3. The molecule has 0 aromatic heterocycles. The molecule has 1 atom stereocenters. The number of carbonyl (C=O) groups excluding carboxylic acids is 1. The van der Waals surface area contributed by atoms with Gasteiger partial charge in [-0.25, -0.2) is 0 Å². The lowest BCUT2D eigenvalue weighted by molar-refractivity contribution is -0.125. The number of nitrogens with one attached hydrogen (secondary N) is 1. The van der Waals surface area contributed by atoms with Gasteiger partial charge in [0, 0.05) is 12.3 Å². The molecule has 0 amide bonds. The van der Waals surface area contributed by atoms with Gasteiger partial charge in [-0.15, -0.1) is 0 Å². The second-order valence-corrected chi connectivity index (χ2v) is 6.45. The highest BCUT2D eigenvalue weighted by molar-refractivity contribution is 5.45. The summed E-state index contributed by atoms with van der Waals surface area (Å²) in [5, 5.41) is 12.9. The molecule has 0 heterocycles. The van der Waals surface area contributed by atoms with Crippen LogP contribution in [-0.4, -0.2) is 31.3 Å². The molecule has 0 radical (unpaired) electrons. The van der Waals surface area contributed by atoms with Gasteiger partial charge in [0.1, 0.15) is 5.76 Å². The van der Waals surface area contributed by atoms with Gasteiger partial charge < -0.3 is 15.2 Å². The first-order chi connectivity index (χ1) is 13.6. The minimum Gasteiger partial charge on any atom is -0.433 e. The largest absolute Gasteiger partial charge is 0.433 e. The SMILES string of the molecule is C=C/C=C(\C=C/C)C(CCNCC)C1=CC(CO)=CC=C(OC=O)C1.CCC. The van der Waals surface area contributed by atoms with Crippen LogP contribution in [0.2, 0.25) is 0 Å². The van der Waals surface area contributed by atoms with Crippen molar-refractivity contribution >= 4 is 6.47 Å². The van der Waals surface area contributed by atoms with Crippen LogP contribution >= 0.6 is 0 Å². The second kappa shape index (κ2) is 17.0. The maximum atomic E-state index is 10.8. The van der Waals surface area contributed by atoms with Crippen molar-refractivity contribution in [3.8, 4) is 0 Å². The maximum Gasteiger partial charge on any atom is 0.298 e. The minimum atomic E-state index is -0.0571. The summed E-state index contributed by atoms with van der Waals surface area (Å²) >= 11 is 0. The monoisotopic (exact) mass is 387 g/mol. The van der Waals surface area contributed by atoms with Crippen LogP contribution in [0.3, 0.4) is 0 Å². The van der Waals surface area contributed by atoms with Crippen LogP contribution in [0.15, 0.2) is 71.6 Å². The van der Waals surface area contributed by atoms with E-state index in [1.54, 1.807) is 18.2 Å². The molecular formula is C24H37NO3. The molecule has 0 fully saturated rings. The molecule has 156 valence electrons. The van der Waals surface area contributed by atoms with E-state index in [2.05, 4.69) is 38.7 Å². The van der Waals surface area contributed by atoms with Gasteiger partial charge in [-0.3, -0.25) is 4.79 Å². The predicted octanol–water partition coefficient (Wildman–Crippen LogP) is 5.01. The van der Waals surface area contributed by atoms with Gasteiger partial charge >= 0.3 is 0 Å².